The number of amides is 1. The number of rotatable bonds is 2. The highest BCUT2D eigenvalue weighted by Crippen LogP contribution is 2.30. The third-order valence-corrected chi connectivity index (χ3v) is 3.34. The second-order valence-corrected chi connectivity index (χ2v) is 4.70. The Morgan fingerprint density at radius 1 is 1.24 bits per heavy atom. The molecule has 21 heavy (non-hydrogen) atoms. The number of ether oxygens (including phenoxy) is 1. The smallest absolute Gasteiger partial charge is 0.415 e. The third-order valence-electron chi connectivity index (χ3n) is 3.34. The minimum Gasteiger partial charge on any atom is -0.439 e. The number of benzene rings is 2. The highest BCUT2D eigenvalue weighted by atomic mass is 19.1. The van der Waals surface area contributed by atoms with Crippen LogP contribution in [0.5, 0.6) is 0 Å². The molecule has 5 heteroatoms. The molecule has 0 spiro atoms. The first kappa shape index (κ1) is 13.1. The van der Waals surface area contributed by atoms with Crippen molar-refractivity contribution in [3.63, 3.8) is 0 Å². The number of nitriles is 1. The molecule has 0 bridgehead atoms. The maximum Gasteiger partial charge on any atom is 0.415 e. The van der Waals surface area contributed by atoms with Crippen molar-refractivity contribution in [2.75, 3.05) is 11.4 Å². The number of anilines is 1. The van der Waals surface area contributed by atoms with E-state index in [0.717, 1.165) is 5.56 Å². The average molecular weight is 282 g/mol. The standard InChI is InChI=1S/C16H11FN2O2/c17-13-6-4-12(5-7-13)15-10-19(16(20)21-15)14-3-1-2-11(8-14)9-18/h1-8,15H,10H2/t15-/m0/s1. The topological polar surface area (TPSA) is 53.3 Å². The lowest BCUT2D eigenvalue weighted by Gasteiger charge is -2.13. The van der Waals surface area contributed by atoms with Crippen molar-refractivity contribution >= 4 is 11.8 Å². The lowest BCUT2D eigenvalue weighted by atomic mass is 10.1. The van der Waals surface area contributed by atoms with E-state index in [1.54, 1.807) is 36.4 Å². The highest BCUT2D eigenvalue weighted by Gasteiger charge is 2.33. The summed E-state index contributed by atoms with van der Waals surface area (Å²) in [6.07, 6.45) is -0.914. The second kappa shape index (κ2) is 5.25. The summed E-state index contributed by atoms with van der Waals surface area (Å²) in [4.78, 5) is 13.4. The van der Waals surface area contributed by atoms with E-state index in [4.69, 9.17) is 10.00 Å². The van der Waals surface area contributed by atoms with Gasteiger partial charge in [0.2, 0.25) is 0 Å². The molecule has 0 unspecified atom stereocenters. The van der Waals surface area contributed by atoms with Crippen LogP contribution in [-0.4, -0.2) is 12.6 Å². The molecule has 104 valence electrons. The Labute approximate surface area is 121 Å². The summed E-state index contributed by atoms with van der Waals surface area (Å²) in [6.45, 7) is 0.333. The summed E-state index contributed by atoms with van der Waals surface area (Å²) in [7, 11) is 0. The van der Waals surface area contributed by atoms with Gasteiger partial charge in [-0.15, -0.1) is 0 Å². The Morgan fingerprint density at radius 3 is 2.71 bits per heavy atom. The third kappa shape index (κ3) is 2.56. The van der Waals surface area contributed by atoms with E-state index in [1.807, 2.05) is 6.07 Å². The van der Waals surface area contributed by atoms with Crippen LogP contribution in [0, 0.1) is 17.1 Å². The van der Waals surface area contributed by atoms with Gasteiger partial charge in [0, 0.05) is 5.69 Å². The zero-order chi connectivity index (χ0) is 14.8. The molecule has 2 aromatic rings. The van der Waals surface area contributed by atoms with E-state index in [9.17, 15) is 9.18 Å². The first-order valence-electron chi connectivity index (χ1n) is 6.41. The number of hydrogen-bond acceptors (Lipinski definition) is 3. The van der Waals surface area contributed by atoms with Crippen molar-refractivity contribution in [2.45, 2.75) is 6.10 Å². The molecule has 1 amide bonds. The maximum atomic E-state index is 12.9. The van der Waals surface area contributed by atoms with Crippen LogP contribution >= 0.6 is 0 Å². The number of carbonyl (C=O) groups is 1. The van der Waals surface area contributed by atoms with Crippen LogP contribution < -0.4 is 4.90 Å². The molecule has 1 saturated heterocycles. The maximum absolute atomic E-state index is 12.9. The Kier molecular flexibility index (Phi) is 3.28. The fraction of sp³-hybridized carbons (Fsp3) is 0.125. The van der Waals surface area contributed by atoms with Crippen LogP contribution in [0.2, 0.25) is 0 Å². The molecular weight excluding hydrogens is 271 g/mol. The molecule has 1 fully saturated rings. The van der Waals surface area contributed by atoms with Crippen LogP contribution in [0.1, 0.15) is 17.2 Å². The average Bonchev–Trinajstić information content (AvgIpc) is 2.90. The van der Waals surface area contributed by atoms with Gasteiger partial charge < -0.3 is 4.74 Å². The van der Waals surface area contributed by atoms with Gasteiger partial charge in [0.05, 0.1) is 18.2 Å². The van der Waals surface area contributed by atoms with Gasteiger partial charge in [-0.05, 0) is 35.9 Å². The van der Waals surface area contributed by atoms with Crippen molar-refractivity contribution in [2.24, 2.45) is 0 Å². The molecule has 0 N–H and O–H groups in total. The van der Waals surface area contributed by atoms with Gasteiger partial charge >= 0.3 is 6.09 Å². The molecule has 0 aliphatic carbocycles. The fourth-order valence-corrected chi connectivity index (χ4v) is 2.27. The van der Waals surface area contributed by atoms with E-state index in [1.165, 1.54) is 17.0 Å². The van der Waals surface area contributed by atoms with Gasteiger partial charge in [0.25, 0.3) is 0 Å². The summed E-state index contributed by atoms with van der Waals surface area (Å²) in [5.41, 5.74) is 1.83. The van der Waals surface area contributed by atoms with Crippen molar-refractivity contribution in [3.05, 3.63) is 65.5 Å². The molecule has 3 rings (SSSR count). The number of nitrogens with zero attached hydrogens (tertiary/aromatic N) is 2. The highest BCUT2D eigenvalue weighted by molar-refractivity contribution is 5.90. The van der Waals surface area contributed by atoms with Gasteiger partial charge in [0.15, 0.2) is 0 Å². The molecular formula is C16H11FN2O2. The predicted octanol–water partition coefficient (Wildman–Crippen LogP) is 3.40. The minimum atomic E-state index is -0.473. The van der Waals surface area contributed by atoms with E-state index in [0.29, 0.717) is 17.8 Å². The van der Waals surface area contributed by atoms with Crippen molar-refractivity contribution in [1.82, 2.24) is 0 Å². The van der Waals surface area contributed by atoms with Crippen LogP contribution in [-0.2, 0) is 4.74 Å². The van der Waals surface area contributed by atoms with Crippen LogP contribution in [0.3, 0.4) is 0 Å². The quantitative estimate of drug-likeness (QED) is 0.848. The number of carbonyl (C=O) groups excluding carboxylic acids is 1. The van der Waals surface area contributed by atoms with Crippen LogP contribution in [0.25, 0.3) is 0 Å². The summed E-state index contributed by atoms with van der Waals surface area (Å²) >= 11 is 0. The summed E-state index contributed by atoms with van der Waals surface area (Å²) in [5.74, 6) is -0.332. The van der Waals surface area contributed by atoms with Crippen LogP contribution in [0.4, 0.5) is 14.9 Å². The van der Waals surface area contributed by atoms with Gasteiger partial charge in [-0.3, -0.25) is 4.90 Å². The first-order valence-corrected chi connectivity index (χ1v) is 6.41. The minimum absolute atomic E-state index is 0.332. The van der Waals surface area contributed by atoms with E-state index < -0.39 is 12.2 Å². The largest absolute Gasteiger partial charge is 0.439 e. The fourth-order valence-electron chi connectivity index (χ4n) is 2.27. The second-order valence-electron chi connectivity index (χ2n) is 4.70. The Bertz CT molecular complexity index is 722. The summed E-state index contributed by atoms with van der Waals surface area (Å²) < 4.78 is 18.2. The van der Waals surface area contributed by atoms with Crippen molar-refractivity contribution in [1.29, 1.82) is 5.26 Å². The van der Waals surface area contributed by atoms with Gasteiger partial charge in [0.1, 0.15) is 11.9 Å². The molecule has 4 nitrogen and oxygen atoms in total. The van der Waals surface area contributed by atoms with Crippen molar-refractivity contribution in [3.8, 4) is 6.07 Å². The molecule has 1 aliphatic rings. The first-order chi connectivity index (χ1) is 10.2. The van der Waals surface area contributed by atoms with Gasteiger partial charge in [-0.2, -0.15) is 5.26 Å². The number of cyclic esters (lactones) is 1. The molecule has 0 saturated carbocycles. The Balaban J connectivity index is 1.84. The molecule has 1 atom stereocenters. The Morgan fingerprint density at radius 2 is 2.00 bits per heavy atom. The molecule has 1 heterocycles. The summed E-state index contributed by atoms with van der Waals surface area (Å²) in [6, 6.07) is 14.7. The number of hydrogen-bond donors (Lipinski definition) is 0. The number of halogens is 1. The lowest BCUT2D eigenvalue weighted by molar-refractivity contribution is 0.142. The molecule has 1 aliphatic heterocycles. The SMILES string of the molecule is N#Cc1cccc(N2C[C@@H](c3ccc(F)cc3)OC2=O)c1. The summed E-state index contributed by atoms with van der Waals surface area (Å²) in [5, 5.41) is 8.91. The monoisotopic (exact) mass is 282 g/mol. The molecule has 2 aromatic carbocycles. The molecule has 0 aromatic heterocycles. The van der Waals surface area contributed by atoms with Gasteiger partial charge in [-0.1, -0.05) is 18.2 Å². The predicted molar refractivity (Wildman–Crippen MR) is 74.1 cm³/mol. The normalized spacial score (nSPS) is 17.4. The van der Waals surface area contributed by atoms with E-state index >= 15 is 0 Å². The molecule has 0 radical (unpaired) electrons. The lowest BCUT2D eigenvalue weighted by Crippen LogP contribution is -2.23. The van der Waals surface area contributed by atoms with E-state index in [-0.39, 0.29) is 5.82 Å². The van der Waals surface area contributed by atoms with Crippen molar-refractivity contribution < 1.29 is 13.9 Å². The van der Waals surface area contributed by atoms with Crippen LogP contribution in [0.15, 0.2) is 48.5 Å². The van der Waals surface area contributed by atoms with Gasteiger partial charge in [-0.25, -0.2) is 9.18 Å². The zero-order valence-corrected chi connectivity index (χ0v) is 11.0. The Hall–Kier alpha value is -2.87. The van der Waals surface area contributed by atoms with E-state index in [2.05, 4.69) is 0 Å². The zero-order valence-electron chi connectivity index (χ0n) is 11.0.